The van der Waals surface area contributed by atoms with Crippen LogP contribution >= 0.6 is 0 Å². The summed E-state index contributed by atoms with van der Waals surface area (Å²) in [5.74, 6) is -0.765. The normalized spacial score (nSPS) is 13.1. The molecule has 0 heterocycles. The number of carboxylic acids is 1. The van der Waals surface area contributed by atoms with Crippen LogP contribution < -0.4 is 0 Å². The summed E-state index contributed by atoms with van der Waals surface area (Å²) in [6.07, 6.45) is 12.6. The van der Waals surface area contributed by atoms with E-state index in [9.17, 15) is 9.59 Å². The van der Waals surface area contributed by atoms with Gasteiger partial charge in [-0.2, -0.15) is 0 Å². The van der Waals surface area contributed by atoms with Crippen LogP contribution in [0, 0.1) is 5.92 Å². The van der Waals surface area contributed by atoms with Gasteiger partial charge in [0.25, 0.3) is 0 Å². The van der Waals surface area contributed by atoms with E-state index in [1.165, 1.54) is 32.1 Å². The number of hydrogen-bond donors (Lipinski definition) is 1. The second kappa shape index (κ2) is 15.0. The largest absolute Gasteiger partial charge is 0.478 e. The number of hydrogen-bond acceptors (Lipinski definition) is 3. The Labute approximate surface area is 154 Å². The molecule has 0 radical (unpaired) electrons. The Morgan fingerprint density at radius 2 is 1.48 bits per heavy atom. The molecule has 146 valence electrons. The molecule has 0 rings (SSSR count). The van der Waals surface area contributed by atoms with Crippen LogP contribution in [0.5, 0.6) is 0 Å². The van der Waals surface area contributed by atoms with Crippen molar-refractivity contribution in [2.24, 2.45) is 5.92 Å². The molecule has 0 saturated carbocycles. The third-order valence-corrected chi connectivity index (χ3v) is 4.33. The number of rotatable bonds is 15. The lowest BCUT2D eigenvalue weighted by molar-refractivity contribution is -0.143. The lowest BCUT2D eigenvalue weighted by atomic mass is 10.0. The summed E-state index contributed by atoms with van der Waals surface area (Å²) in [6, 6.07) is 0. The molecule has 0 aliphatic carbocycles. The highest BCUT2D eigenvalue weighted by molar-refractivity contribution is 5.95. The van der Waals surface area contributed by atoms with Gasteiger partial charge in [-0.05, 0) is 38.5 Å². The number of ether oxygens (including phenoxy) is 1. The number of carboxylic acid groups (broad SMARTS) is 1. The van der Waals surface area contributed by atoms with Crippen molar-refractivity contribution in [2.45, 2.75) is 104 Å². The standard InChI is InChI=1S/C21H38O4/c1-5-6-15-19(21(23)24)16-20(22)25-18(4)14-12-10-8-7-9-11-13-17(2)3/h16-18H,5-15H2,1-4H3,(H,23,24). The quantitative estimate of drug-likeness (QED) is 0.226. The van der Waals surface area contributed by atoms with Crippen molar-refractivity contribution in [3.63, 3.8) is 0 Å². The highest BCUT2D eigenvalue weighted by Crippen LogP contribution is 2.14. The molecule has 0 aliphatic heterocycles. The van der Waals surface area contributed by atoms with E-state index < -0.39 is 11.9 Å². The maximum atomic E-state index is 11.8. The Hall–Kier alpha value is -1.32. The predicted molar refractivity (Wildman–Crippen MR) is 103 cm³/mol. The molecule has 0 aromatic heterocycles. The van der Waals surface area contributed by atoms with Gasteiger partial charge in [-0.1, -0.05) is 65.7 Å². The van der Waals surface area contributed by atoms with Crippen molar-refractivity contribution in [2.75, 3.05) is 0 Å². The number of unbranched alkanes of at least 4 members (excludes halogenated alkanes) is 6. The van der Waals surface area contributed by atoms with E-state index in [0.29, 0.717) is 6.42 Å². The molecule has 1 atom stereocenters. The Bertz CT molecular complexity index is 399. The van der Waals surface area contributed by atoms with Gasteiger partial charge in [0, 0.05) is 11.6 Å². The molecule has 0 amide bonds. The fraction of sp³-hybridized carbons (Fsp3) is 0.810. The molecule has 0 aliphatic rings. The SMILES string of the molecule is CCCCC(=CC(=O)OC(C)CCCCCCCCC(C)C)C(=O)O. The Morgan fingerprint density at radius 3 is 2.00 bits per heavy atom. The first-order chi connectivity index (χ1) is 11.9. The Morgan fingerprint density at radius 1 is 0.920 bits per heavy atom. The van der Waals surface area contributed by atoms with Gasteiger partial charge in [-0.3, -0.25) is 0 Å². The van der Waals surface area contributed by atoms with Crippen LogP contribution in [0.4, 0.5) is 0 Å². The topological polar surface area (TPSA) is 63.6 Å². The molecule has 4 heteroatoms. The molecule has 1 N–H and O–H groups in total. The van der Waals surface area contributed by atoms with E-state index in [2.05, 4.69) is 13.8 Å². The van der Waals surface area contributed by atoms with Gasteiger partial charge >= 0.3 is 11.9 Å². The maximum Gasteiger partial charge on any atom is 0.331 e. The summed E-state index contributed by atoms with van der Waals surface area (Å²) < 4.78 is 5.30. The van der Waals surface area contributed by atoms with Gasteiger partial charge in [0.1, 0.15) is 0 Å². The maximum absolute atomic E-state index is 11.8. The van der Waals surface area contributed by atoms with Crippen molar-refractivity contribution >= 4 is 11.9 Å². The van der Waals surface area contributed by atoms with E-state index >= 15 is 0 Å². The van der Waals surface area contributed by atoms with Crippen molar-refractivity contribution in [3.05, 3.63) is 11.6 Å². The highest BCUT2D eigenvalue weighted by atomic mass is 16.5. The zero-order valence-electron chi connectivity index (χ0n) is 16.7. The summed E-state index contributed by atoms with van der Waals surface area (Å²) in [7, 11) is 0. The minimum atomic E-state index is -1.03. The first kappa shape index (κ1) is 23.7. The predicted octanol–water partition coefficient (Wildman–Crippen LogP) is 5.90. The van der Waals surface area contributed by atoms with Crippen LogP contribution in [0.3, 0.4) is 0 Å². The zero-order valence-corrected chi connectivity index (χ0v) is 16.7. The summed E-state index contributed by atoms with van der Waals surface area (Å²) >= 11 is 0. The molecule has 0 aromatic carbocycles. The average molecular weight is 355 g/mol. The van der Waals surface area contributed by atoms with Crippen molar-refractivity contribution < 1.29 is 19.4 Å². The van der Waals surface area contributed by atoms with Gasteiger partial charge in [0.2, 0.25) is 0 Å². The van der Waals surface area contributed by atoms with E-state index in [4.69, 9.17) is 9.84 Å². The fourth-order valence-corrected chi connectivity index (χ4v) is 2.73. The molecule has 0 spiro atoms. The van der Waals surface area contributed by atoms with Crippen molar-refractivity contribution in [1.82, 2.24) is 0 Å². The summed E-state index contributed by atoms with van der Waals surface area (Å²) in [6.45, 7) is 8.40. The number of esters is 1. The van der Waals surface area contributed by atoms with Crippen LogP contribution in [0.2, 0.25) is 0 Å². The van der Waals surface area contributed by atoms with Gasteiger partial charge in [0.05, 0.1) is 6.10 Å². The smallest absolute Gasteiger partial charge is 0.331 e. The Balaban J connectivity index is 3.88. The van der Waals surface area contributed by atoms with E-state index in [1.54, 1.807) is 0 Å². The lowest BCUT2D eigenvalue weighted by Gasteiger charge is -2.12. The molecular weight excluding hydrogens is 316 g/mol. The minimum Gasteiger partial charge on any atom is -0.478 e. The fourth-order valence-electron chi connectivity index (χ4n) is 2.73. The highest BCUT2D eigenvalue weighted by Gasteiger charge is 2.12. The third-order valence-electron chi connectivity index (χ3n) is 4.33. The second-order valence-corrected chi connectivity index (χ2v) is 7.42. The van der Waals surface area contributed by atoms with Gasteiger partial charge in [0.15, 0.2) is 0 Å². The molecule has 0 bridgehead atoms. The first-order valence-electron chi connectivity index (χ1n) is 10.0. The van der Waals surface area contributed by atoms with Gasteiger partial charge in [-0.25, -0.2) is 9.59 Å². The monoisotopic (exact) mass is 354 g/mol. The summed E-state index contributed by atoms with van der Waals surface area (Å²) in [5.41, 5.74) is 0.139. The number of carbonyl (C=O) groups excluding carboxylic acids is 1. The average Bonchev–Trinajstić information content (AvgIpc) is 2.53. The summed E-state index contributed by atoms with van der Waals surface area (Å²) in [5, 5.41) is 9.10. The van der Waals surface area contributed by atoms with Crippen molar-refractivity contribution in [1.29, 1.82) is 0 Å². The van der Waals surface area contributed by atoms with Crippen LogP contribution in [0.1, 0.15) is 98.3 Å². The van der Waals surface area contributed by atoms with Crippen LogP contribution in [0.15, 0.2) is 11.6 Å². The third kappa shape index (κ3) is 14.7. The lowest BCUT2D eigenvalue weighted by Crippen LogP contribution is -2.14. The molecule has 0 saturated heterocycles. The number of aliphatic carboxylic acids is 1. The molecule has 0 aromatic rings. The molecule has 0 fully saturated rings. The minimum absolute atomic E-state index is 0.139. The zero-order chi connectivity index (χ0) is 19.1. The second-order valence-electron chi connectivity index (χ2n) is 7.42. The van der Waals surface area contributed by atoms with E-state index in [1.807, 2.05) is 13.8 Å². The molecular formula is C21H38O4. The van der Waals surface area contributed by atoms with Gasteiger partial charge in [-0.15, -0.1) is 0 Å². The van der Waals surface area contributed by atoms with Gasteiger partial charge < -0.3 is 9.84 Å². The first-order valence-corrected chi connectivity index (χ1v) is 10.0. The summed E-state index contributed by atoms with van der Waals surface area (Å²) in [4.78, 5) is 22.9. The molecule has 1 unspecified atom stereocenters. The van der Waals surface area contributed by atoms with Crippen LogP contribution in [0.25, 0.3) is 0 Å². The van der Waals surface area contributed by atoms with Crippen LogP contribution in [-0.4, -0.2) is 23.1 Å². The number of carbonyl (C=O) groups is 2. The van der Waals surface area contributed by atoms with E-state index in [-0.39, 0.29) is 11.7 Å². The van der Waals surface area contributed by atoms with Crippen LogP contribution in [-0.2, 0) is 14.3 Å². The Kier molecular flexibility index (Phi) is 14.2. The molecule has 4 nitrogen and oxygen atoms in total. The van der Waals surface area contributed by atoms with Crippen molar-refractivity contribution in [3.8, 4) is 0 Å². The molecule has 25 heavy (non-hydrogen) atoms. The van der Waals surface area contributed by atoms with E-state index in [0.717, 1.165) is 44.1 Å².